The molecule has 0 amide bonds. The molecule has 5 aromatic rings. The van der Waals surface area contributed by atoms with Crippen LogP contribution in [0.2, 0.25) is 0 Å². The first-order valence-electron chi connectivity index (χ1n) is 18.7. The molecule has 0 unspecified atom stereocenters. The molecular weight excluding hydrogens is 750 g/mol. The Morgan fingerprint density at radius 2 is 0.846 bits per heavy atom. The molecule has 0 aromatic heterocycles. The molecule has 1 nitrogen and oxygen atoms in total. The molecule has 0 heterocycles. The number of methoxy groups -OCH3 is 1. The topological polar surface area (TPSA) is 9.23 Å². The van der Waals surface area contributed by atoms with E-state index in [0.717, 1.165) is 0 Å². The standard InChI is InChI=1S/C49H58Ge2O/c1-30-22-35(6)44(36(7)23-30)50(45-37(8)24-31(2)25-38(45)9)21-20-34(5)49(52-14)48(43-18-16-15-17-19-43)51(46-39(10)26-32(3)27-40(46)11)47-41(12)28-33(4)29-42(47)13/h15-19,21-29,48-49H,1-14H3/t20?,48-,49+/m0/s1. The molecule has 0 aliphatic rings. The Balaban J connectivity index is 1.82. The van der Waals surface area contributed by atoms with Crippen molar-refractivity contribution >= 4 is 46.3 Å². The number of ether oxygens (including phenoxy) is 1. The first-order chi connectivity index (χ1) is 24.6. The maximum atomic E-state index is 6.77. The fourth-order valence-electron chi connectivity index (χ4n) is 9.11. The second kappa shape index (κ2) is 16.8. The van der Waals surface area contributed by atoms with E-state index in [9.17, 15) is 0 Å². The fourth-order valence-corrected chi connectivity index (χ4v) is 23.7. The van der Waals surface area contributed by atoms with Crippen molar-refractivity contribution in [3.05, 3.63) is 167 Å². The summed E-state index contributed by atoms with van der Waals surface area (Å²) in [6.07, 6.45) is -0.131. The summed E-state index contributed by atoms with van der Waals surface area (Å²) in [6, 6.07) is 30.3. The Hall–Kier alpha value is -3.33. The van der Waals surface area contributed by atoms with Gasteiger partial charge in [0.05, 0.1) is 0 Å². The Labute approximate surface area is 324 Å². The molecule has 3 heteroatoms. The van der Waals surface area contributed by atoms with Gasteiger partial charge in [-0.3, -0.25) is 0 Å². The van der Waals surface area contributed by atoms with Crippen LogP contribution in [-0.2, 0) is 4.74 Å². The van der Waals surface area contributed by atoms with Crippen LogP contribution in [0.4, 0.5) is 0 Å². The van der Waals surface area contributed by atoms with E-state index in [-0.39, 0.29) is 10.9 Å². The summed E-state index contributed by atoms with van der Waals surface area (Å²) in [7, 11) is 1.92. The molecule has 2 atom stereocenters. The van der Waals surface area contributed by atoms with E-state index < -0.39 is 28.7 Å². The predicted octanol–water partition coefficient (Wildman–Crippen LogP) is 9.28. The van der Waals surface area contributed by atoms with Gasteiger partial charge < -0.3 is 0 Å². The van der Waals surface area contributed by atoms with Crippen molar-refractivity contribution in [2.75, 3.05) is 7.11 Å². The van der Waals surface area contributed by atoms with Gasteiger partial charge in [-0.15, -0.1) is 0 Å². The van der Waals surface area contributed by atoms with Crippen molar-refractivity contribution in [2.45, 2.75) is 101 Å². The van der Waals surface area contributed by atoms with Crippen LogP contribution in [0, 0.1) is 83.1 Å². The first kappa shape index (κ1) is 39.9. The molecule has 0 bridgehead atoms. The number of rotatable bonds is 10. The van der Waals surface area contributed by atoms with Crippen molar-refractivity contribution in [2.24, 2.45) is 0 Å². The van der Waals surface area contributed by atoms with Gasteiger partial charge in [0.25, 0.3) is 0 Å². The minimum absolute atomic E-state index is 0.131. The Morgan fingerprint density at radius 1 is 0.519 bits per heavy atom. The van der Waals surface area contributed by atoms with Gasteiger partial charge >= 0.3 is 326 Å². The van der Waals surface area contributed by atoms with E-state index in [1.807, 2.05) is 7.11 Å². The Bertz CT molecular complexity index is 1960. The fraction of sp³-hybridized carbons (Fsp3) is 0.327. The molecule has 0 N–H and O–H groups in total. The second-order valence-corrected chi connectivity index (χ2v) is 25.0. The van der Waals surface area contributed by atoms with Crippen LogP contribution in [0.5, 0.6) is 0 Å². The van der Waals surface area contributed by atoms with Gasteiger partial charge in [0.2, 0.25) is 0 Å². The molecule has 0 aliphatic heterocycles. The molecule has 52 heavy (non-hydrogen) atoms. The summed E-state index contributed by atoms with van der Waals surface area (Å²) in [5, 5.41) is 0. The Kier molecular flexibility index (Phi) is 12.9. The molecule has 0 aliphatic carbocycles. The zero-order valence-corrected chi connectivity index (χ0v) is 38.3. The van der Waals surface area contributed by atoms with Gasteiger partial charge in [0.1, 0.15) is 0 Å². The molecule has 5 aromatic carbocycles. The molecule has 268 valence electrons. The number of aryl methyl sites for hydroxylation is 12. The average molecular weight is 808 g/mol. The van der Waals surface area contributed by atoms with Crippen LogP contribution in [-0.4, -0.2) is 41.9 Å². The minimum atomic E-state index is -2.44. The molecule has 0 saturated heterocycles. The molecule has 2 radical (unpaired) electrons. The third-order valence-electron chi connectivity index (χ3n) is 10.7. The third kappa shape index (κ3) is 8.40. The quantitative estimate of drug-likeness (QED) is 0.101. The van der Waals surface area contributed by atoms with Gasteiger partial charge in [-0.25, -0.2) is 0 Å². The van der Waals surface area contributed by atoms with Crippen LogP contribution in [0.1, 0.15) is 84.0 Å². The van der Waals surface area contributed by atoms with Crippen molar-refractivity contribution in [3.8, 4) is 0 Å². The predicted molar refractivity (Wildman–Crippen MR) is 230 cm³/mol. The normalized spacial score (nSPS) is 12.6. The van der Waals surface area contributed by atoms with Gasteiger partial charge in [0.15, 0.2) is 0 Å². The van der Waals surface area contributed by atoms with Crippen LogP contribution < -0.4 is 17.6 Å². The summed E-state index contributed by atoms with van der Waals surface area (Å²) in [6.45, 7) is 29.8. The van der Waals surface area contributed by atoms with Crippen LogP contribution in [0.25, 0.3) is 0 Å². The van der Waals surface area contributed by atoms with Crippen molar-refractivity contribution in [1.82, 2.24) is 0 Å². The second-order valence-electron chi connectivity index (χ2n) is 15.4. The number of hydrogen-bond acceptors (Lipinski definition) is 1. The molecule has 0 fully saturated rings. The van der Waals surface area contributed by atoms with Crippen molar-refractivity contribution < 1.29 is 4.74 Å². The third-order valence-corrected chi connectivity index (χ3v) is 25.4. The monoisotopic (exact) mass is 810 g/mol. The van der Waals surface area contributed by atoms with Gasteiger partial charge in [0, 0.05) is 0 Å². The molecular formula is C49H58Ge2O. The number of hydrogen-bond donors (Lipinski definition) is 0. The summed E-state index contributed by atoms with van der Waals surface area (Å²) in [5.74, 6) is 0. The zero-order chi connectivity index (χ0) is 38.0. The van der Waals surface area contributed by atoms with E-state index in [2.05, 4.69) is 180 Å². The van der Waals surface area contributed by atoms with E-state index in [1.54, 1.807) is 17.6 Å². The van der Waals surface area contributed by atoms with E-state index in [4.69, 9.17) is 4.74 Å². The van der Waals surface area contributed by atoms with Gasteiger partial charge in [-0.2, -0.15) is 0 Å². The molecule has 5 rings (SSSR count). The van der Waals surface area contributed by atoms with Gasteiger partial charge in [-0.05, 0) is 0 Å². The summed E-state index contributed by atoms with van der Waals surface area (Å²) < 4.78 is 13.2. The molecule has 0 saturated carbocycles. The van der Waals surface area contributed by atoms with Crippen molar-refractivity contribution in [1.29, 1.82) is 0 Å². The Morgan fingerprint density at radius 3 is 1.17 bits per heavy atom. The summed E-state index contributed by atoms with van der Waals surface area (Å²) in [4.78, 5) is 2.52. The van der Waals surface area contributed by atoms with E-state index >= 15 is 0 Å². The SMILES string of the molecule is CO[C@H](C(C)=C=[CH][Ge]([c]1c(C)cc(C)cc1C)[c]1c(C)cc(C)cc1C)[C@H](c1ccccc1)[Ge]([c]1c(C)cc(C)cc1C)[c]1c(C)cc(C)cc1C. The molecule has 0 spiro atoms. The van der Waals surface area contributed by atoms with Crippen LogP contribution in [0.3, 0.4) is 0 Å². The average Bonchev–Trinajstić information content (AvgIpc) is 3.03. The van der Waals surface area contributed by atoms with Gasteiger partial charge in [-0.1, -0.05) is 0 Å². The summed E-state index contributed by atoms with van der Waals surface area (Å²) >= 11 is -4.67. The number of benzene rings is 5. The first-order valence-corrected chi connectivity index (χ1v) is 25.3. The maximum absolute atomic E-state index is 6.77. The summed E-state index contributed by atoms with van der Waals surface area (Å²) in [5.41, 5.74) is 23.1. The van der Waals surface area contributed by atoms with Crippen LogP contribution in [0.15, 0.2) is 95.1 Å². The van der Waals surface area contributed by atoms with E-state index in [0.29, 0.717) is 0 Å². The zero-order valence-electron chi connectivity index (χ0n) is 34.1. The van der Waals surface area contributed by atoms with Crippen LogP contribution >= 0.6 is 0 Å². The van der Waals surface area contributed by atoms with Crippen molar-refractivity contribution in [3.63, 3.8) is 0 Å². The van der Waals surface area contributed by atoms with E-state index in [1.165, 1.54) is 77.9 Å².